The second kappa shape index (κ2) is 4.51. The van der Waals surface area contributed by atoms with E-state index >= 15 is 0 Å². The quantitative estimate of drug-likeness (QED) is 0.833. The number of carbonyl (C=O) groups is 1. The molecule has 0 spiro atoms. The SMILES string of the molecule is Cc1csc(C(=O)N[C@H]2CCNC2)c1Cl. The first kappa shape index (κ1) is 10.9. The molecule has 0 aliphatic carbocycles. The molecule has 0 aromatic carbocycles. The summed E-state index contributed by atoms with van der Waals surface area (Å²) in [6.45, 7) is 3.74. The molecule has 5 heteroatoms. The van der Waals surface area contributed by atoms with Crippen molar-refractivity contribution in [1.29, 1.82) is 0 Å². The van der Waals surface area contributed by atoms with Gasteiger partial charge in [0.2, 0.25) is 0 Å². The summed E-state index contributed by atoms with van der Waals surface area (Å²) in [7, 11) is 0. The molecule has 1 aromatic rings. The molecule has 0 unspecified atom stereocenters. The number of halogens is 1. The highest BCUT2D eigenvalue weighted by atomic mass is 35.5. The van der Waals surface area contributed by atoms with Crippen LogP contribution in [0.3, 0.4) is 0 Å². The Morgan fingerprint density at radius 3 is 3.07 bits per heavy atom. The molecule has 1 saturated heterocycles. The summed E-state index contributed by atoms with van der Waals surface area (Å²) >= 11 is 7.43. The van der Waals surface area contributed by atoms with Crippen LogP contribution in [0.25, 0.3) is 0 Å². The monoisotopic (exact) mass is 244 g/mol. The van der Waals surface area contributed by atoms with Crippen LogP contribution in [0.1, 0.15) is 21.7 Å². The molecule has 0 radical (unpaired) electrons. The first-order valence-corrected chi connectivity index (χ1v) is 6.19. The molecular formula is C10H13ClN2OS. The van der Waals surface area contributed by atoms with Crippen molar-refractivity contribution in [3.05, 3.63) is 20.8 Å². The standard InChI is InChI=1S/C10H13ClN2OS/c1-6-5-15-9(8(6)11)10(14)13-7-2-3-12-4-7/h5,7,12H,2-4H2,1H3,(H,13,14)/t7-/m0/s1. The first-order chi connectivity index (χ1) is 7.18. The molecule has 2 rings (SSSR count). The Kier molecular flexibility index (Phi) is 3.29. The summed E-state index contributed by atoms with van der Waals surface area (Å²) in [5.41, 5.74) is 0.969. The Bertz CT molecular complexity index is 371. The van der Waals surface area contributed by atoms with Crippen LogP contribution >= 0.6 is 22.9 Å². The second-order valence-electron chi connectivity index (χ2n) is 3.73. The van der Waals surface area contributed by atoms with Crippen LogP contribution in [0.2, 0.25) is 5.02 Å². The zero-order chi connectivity index (χ0) is 10.8. The summed E-state index contributed by atoms with van der Waals surface area (Å²) in [6, 6.07) is 0.246. The molecule has 0 saturated carbocycles. The van der Waals surface area contributed by atoms with E-state index in [9.17, 15) is 4.79 Å². The van der Waals surface area contributed by atoms with Crippen molar-refractivity contribution in [1.82, 2.24) is 10.6 Å². The van der Waals surface area contributed by atoms with Crippen molar-refractivity contribution in [3.63, 3.8) is 0 Å². The molecule has 1 fully saturated rings. The van der Waals surface area contributed by atoms with E-state index in [2.05, 4.69) is 10.6 Å². The molecule has 2 N–H and O–H groups in total. The third-order valence-electron chi connectivity index (χ3n) is 2.50. The van der Waals surface area contributed by atoms with Crippen LogP contribution < -0.4 is 10.6 Å². The van der Waals surface area contributed by atoms with Crippen molar-refractivity contribution in [2.75, 3.05) is 13.1 Å². The zero-order valence-corrected chi connectivity index (χ0v) is 10.0. The van der Waals surface area contributed by atoms with Crippen molar-refractivity contribution in [3.8, 4) is 0 Å². The van der Waals surface area contributed by atoms with Gasteiger partial charge in [-0.05, 0) is 30.8 Å². The third kappa shape index (κ3) is 2.33. The highest BCUT2D eigenvalue weighted by Gasteiger charge is 2.20. The molecule has 0 bridgehead atoms. The summed E-state index contributed by atoms with van der Waals surface area (Å²) in [5.74, 6) is -0.0493. The van der Waals surface area contributed by atoms with E-state index < -0.39 is 0 Å². The Labute approximate surface area is 97.8 Å². The number of amides is 1. The van der Waals surface area contributed by atoms with Gasteiger partial charge in [0.25, 0.3) is 5.91 Å². The molecule has 2 heterocycles. The lowest BCUT2D eigenvalue weighted by Crippen LogP contribution is -2.35. The molecular weight excluding hydrogens is 232 g/mol. The Hall–Kier alpha value is -0.580. The van der Waals surface area contributed by atoms with E-state index in [1.165, 1.54) is 11.3 Å². The van der Waals surface area contributed by atoms with Crippen molar-refractivity contribution in [2.24, 2.45) is 0 Å². The average Bonchev–Trinajstić information content (AvgIpc) is 2.79. The van der Waals surface area contributed by atoms with Gasteiger partial charge in [0.05, 0.1) is 5.02 Å². The normalized spacial score (nSPS) is 20.5. The van der Waals surface area contributed by atoms with Crippen LogP contribution in [0.4, 0.5) is 0 Å². The van der Waals surface area contributed by atoms with Gasteiger partial charge >= 0.3 is 0 Å². The zero-order valence-electron chi connectivity index (χ0n) is 8.47. The fourth-order valence-corrected chi connectivity index (χ4v) is 2.79. The maximum Gasteiger partial charge on any atom is 0.263 e. The molecule has 3 nitrogen and oxygen atoms in total. The van der Waals surface area contributed by atoms with Crippen LogP contribution in [0, 0.1) is 6.92 Å². The highest BCUT2D eigenvalue weighted by Crippen LogP contribution is 2.27. The van der Waals surface area contributed by atoms with Crippen molar-refractivity contribution >= 4 is 28.8 Å². The molecule has 1 aliphatic rings. The van der Waals surface area contributed by atoms with Gasteiger partial charge in [-0.1, -0.05) is 11.6 Å². The van der Waals surface area contributed by atoms with Gasteiger partial charge in [0.1, 0.15) is 4.88 Å². The van der Waals surface area contributed by atoms with Gasteiger partial charge in [0.15, 0.2) is 0 Å². The minimum atomic E-state index is -0.0493. The summed E-state index contributed by atoms with van der Waals surface area (Å²) in [6.07, 6.45) is 0.994. The minimum absolute atomic E-state index is 0.0493. The summed E-state index contributed by atoms with van der Waals surface area (Å²) in [5, 5.41) is 8.67. The fraction of sp³-hybridized carbons (Fsp3) is 0.500. The lowest BCUT2D eigenvalue weighted by molar-refractivity contribution is 0.0944. The number of hydrogen-bond donors (Lipinski definition) is 2. The van der Waals surface area contributed by atoms with Crippen molar-refractivity contribution in [2.45, 2.75) is 19.4 Å². The minimum Gasteiger partial charge on any atom is -0.347 e. The fourth-order valence-electron chi connectivity index (χ4n) is 1.61. The largest absolute Gasteiger partial charge is 0.347 e. The van der Waals surface area contributed by atoms with Gasteiger partial charge in [-0.3, -0.25) is 4.79 Å². The third-order valence-corrected chi connectivity index (χ3v) is 4.20. The molecule has 1 aromatic heterocycles. The second-order valence-corrected chi connectivity index (χ2v) is 4.98. The maximum absolute atomic E-state index is 11.8. The van der Waals surface area contributed by atoms with Crippen molar-refractivity contribution < 1.29 is 4.79 Å². The van der Waals surface area contributed by atoms with Gasteiger partial charge in [-0.2, -0.15) is 0 Å². The summed E-state index contributed by atoms with van der Waals surface area (Å²) in [4.78, 5) is 12.4. The lowest BCUT2D eigenvalue weighted by atomic mass is 10.2. The van der Waals surface area contributed by atoms with Crippen LogP contribution in [0.5, 0.6) is 0 Å². The lowest BCUT2D eigenvalue weighted by Gasteiger charge is -2.10. The highest BCUT2D eigenvalue weighted by molar-refractivity contribution is 7.13. The van der Waals surface area contributed by atoms with E-state index in [1.54, 1.807) is 0 Å². The van der Waals surface area contributed by atoms with Gasteiger partial charge in [0, 0.05) is 12.6 Å². The number of nitrogens with one attached hydrogen (secondary N) is 2. The van der Waals surface area contributed by atoms with E-state index in [0.29, 0.717) is 9.90 Å². The predicted octanol–water partition coefficient (Wildman–Crippen LogP) is 1.80. The first-order valence-electron chi connectivity index (χ1n) is 4.93. The smallest absolute Gasteiger partial charge is 0.263 e. The Morgan fingerprint density at radius 1 is 1.73 bits per heavy atom. The van der Waals surface area contributed by atoms with Gasteiger partial charge in [-0.15, -0.1) is 11.3 Å². The maximum atomic E-state index is 11.8. The number of rotatable bonds is 2. The van der Waals surface area contributed by atoms with Crippen LogP contribution in [0.15, 0.2) is 5.38 Å². The topological polar surface area (TPSA) is 41.1 Å². The van der Waals surface area contributed by atoms with E-state index in [1.807, 2.05) is 12.3 Å². The number of thiophene rings is 1. The van der Waals surface area contributed by atoms with Crippen LogP contribution in [-0.4, -0.2) is 25.0 Å². The Morgan fingerprint density at radius 2 is 2.53 bits per heavy atom. The average molecular weight is 245 g/mol. The van der Waals surface area contributed by atoms with Gasteiger partial charge in [-0.25, -0.2) is 0 Å². The number of carbonyl (C=O) groups excluding carboxylic acids is 1. The van der Waals surface area contributed by atoms with Gasteiger partial charge < -0.3 is 10.6 Å². The Balaban J connectivity index is 2.04. The van der Waals surface area contributed by atoms with E-state index in [-0.39, 0.29) is 11.9 Å². The molecule has 15 heavy (non-hydrogen) atoms. The molecule has 82 valence electrons. The number of hydrogen-bond acceptors (Lipinski definition) is 3. The van der Waals surface area contributed by atoms with Crippen LogP contribution in [-0.2, 0) is 0 Å². The van der Waals surface area contributed by atoms with E-state index in [4.69, 9.17) is 11.6 Å². The summed E-state index contributed by atoms with van der Waals surface area (Å²) < 4.78 is 0. The predicted molar refractivity (Wildman–Crippen MR) is 62.8 cm³/mol. The molecule has 1 aliphatic heterocycles. The van der Waals surface area contributed by atoms with E-state index in [0.717, 1.165) is 25.1 Å². The molecule has 1 atom stereocenters. The molecule has 1 amide bonds. The number of aryl methyl sites for hydroxylation is 1.